The van der Waals surface area contributed by atoms with Gasteiger partial charge in [0.1, 0.15) is 0 Å². The Morgan fingerprint density at radius 2 is 1.47 bits per heavy atom. The summed E-state index contributed by atoms with van der Waals surface area (Å²) in [5, 5.41) is 10.1. The van der Waals surface area contributed by atoms with Crippen molar-refractivity contribution in [1.29, 1.82) is 0 Å². The lowest BCUT2D eigenvalue weighted by atomic mass is 9.35. The second-order valence-electron chi connectivity index (χ2n) is 14.8. The zero-order valence-corrected chi connectivity index (χ0v) is 22.0. The molecule has 32 heavy (non-hydrogen) atoms. The van der Waals surface area contributed by atoms with Crippen molar-refractivity contribution in [2.24, 2.45) is 44.3 Å². The number of carboxylic acids is 1. The van der Waals surface area contributed by atoms with E-state index in [9.17, 15) is 9.90 Å². The molecule has 0 aromatic heterocycles. The highest BCUT2D eigenvalue weighted by atomic mass is 16.4. The molecule has 0 radical (unpaired) electrons. The summed E-state index contributed by atoms with van der Waals surface area (Å²) in [5.74, 6) is 0.781. The van der Waals surface area contributed by atoms with E-state index in [1.165, 1.54) is 57.8 Å². The molecule has 0 heterocycles. The van der Waals surface area contributed by atoms with Gasteiger partial charge in [0.2, 0.25) is 0 Å². The van der Waals surface area contributed by atoms with Crippen LogP contribution in [0.3, 0.4) is 0 Å². The molecule has 5 aliphatic rings. The van der Waals surface area contributed by atoms with Gasteiger partial charge in [-0.2, -0.15) is 0 Å². The minimum absolute atomic E-state index is 0.226. The predicted octanol–water partition coefficient (Wildman–Crippen LogP) is 8.41. The summed E-state index contributed by atoms with van der Waals surface area (Å²) in [6.07, 6.45) is 14.7. The molecule has 3 saturated carbocycles. The van der Waals surface area contributed by atoms with Crippen molar-refractivity contribution in [2.45, 2.75) is 126 Å². The first-order chi connectivity index (χ1) is 14.7. The molecule has 5 rings (SSSR count). The Morgan fingerprint density at radius 1 is 0.781 bits per heavy atom. The van der Waals surface area contributed by atoms with Crippen LogP contribution in [-0.4, -0.2) is 11.1 Å². The highest BCUT2D eigenvalue weighted by Gasteiger charge is 2.66. The van der Waals surface area contributed by atoms with E-state index in [0.29, 0.717) is 22.2 Å². The Kier molecular flexibility index (Phi) is 4.78. The maximum absolute atomic E-state index is 12.3. The number of aliphatic carboxylic acids is 1. The van der Waals surface area contributed by atoms with Crippen LogP contribution in [0, 0.1) is 44.3 Å². The fraction of sp³-hybridized carbons (Fsp3) is 0.900. The number of hydrogen-bond acceptors (Lipinski definition) is 1. The molecule has 0 spiro atoms. The number of hydrogen-bond donors (Lipinski definition) is 1. The zero-order valence-electron chi connectivity index (χ0n) is 22.0. The van der Waals surface area contributed by atoms with Gasteiger partial charge in [0.25, 0.3) is 0 Å². The number of rotatable bonds is 1. The van der Waals surface area contributed by atoms with Crippen LogP contribution in [0.1, 0.15) is 126 Å². The smallest absolute Gasteiger partial charge is 0.309 e. The molecule has 3 fully saturated rings. The highest BCUT2D eigenvalue weighted by Crippen LogP contribution is 2.75. The molecule has 0 aliphatic heterocycles. The van der Waals surface area contributed by atoms with Gasteiger partial charge in [-0.05, 0) is 116 Å². The number of allylic oxidation sites excluding steroid dienone is 2. The first-order valence-electron chi connectivity index (χ1n) is 13.7. The maximum Gasteiger partial charge on any atom is 0.309 e. The van der Waals surface area contributed by atoms with Crippen molar-refractivity contribution < 1.29 is 9.90 Å². The van der Waals surface area contributed by atoms with Crippen molar-refractivity contribution >= 4 is 5.97 Å². The van der Waals surface area contributed by atoms with E-state index >= 15 is 0 Å². The Morgan fingerprint density at radius 3 is 2.16 bits per heavy atom. The van der Waals surface area contributed by atoms with E-state index in [1.807, 2.05) is 18.1 Å². The fourth-order valence-electron chi connectivity index (χ4n) is 10.6. The lowest BCUT2D eigenvalue weighted by Gasteiger charge is -2.69. The quantitative estimate of drug-likeness (QED) is 0.415. The van der Waals surface area contributed by atoms with Gasteiger partial charge in [-0.3, -0.25) is 4.79 Å². The van der Waals surface area contributed by atoms with E-state index in [-0.39, 0.29) is 10.8 Å². The summed E-state index contributed by atoms with van der Waals surface area (Å²) in [5.41, 5.74) is 4.80. The van der Waals surface area contributed by atoms with Crippen LogP contribution in [0.25, 0.3) is 0 Å². The van der Waals surface area contributed by atoms with Crippen LogP contribution < -0.4 is 0 Å². The minimum Gasteiger partial charge on any atom is -0.481 e. The lowest BCUT2D eigenvalue weighted by molar-refractivity contribution is -0.174. The van der Waals surface area contributed by atoms with Gasteiger partial charge < -0.3 is 5.11 Å². The van der Waals surface area contributed by atoms with E-state index in [0.717, 1.165) is 25.2 Å². The van der Waals surface area contributed by atoms with Gasteiger partial charge in [0.15, 0.2) is 0 Å². The summed E-state index contributed by atoms with van der Waals surface area (Å²) >= 11 is 0. The number of carboxylic acid groups (broad SMARTS) is 1. The van der Waals surface area contributed by atoms with Crippen LogP contribution in [0.15, 0.2) is 11.1 Å². The van der Waals surface area contributed by atoms with Crippen LogP contribution in [0.5, 0.6) is 0 Å². The van der Waals surface area contributed by atoms with Crippen molar-refractivity contribution in [3.05, 3.63) is 11.1 Å². The van der Waals surface area contributed by atoms with Crippen LogP contribution in [-0.2, 0) is 4.79 Å². The molecular formula is C30H48O2. The molecular weight excluding hydrogens is 392 g/mol. The van der Waals surface area contributed by atoms with Crippen LogP contribution in [0.4, 0.5) is 0 Å². The Labute approximate surface area is 197 Å². The topological polar surface area (TPSA) is 37.3 Å². The summed E-state index contributed by atoms with van der Waals surface area (Å²) in [4.78, 5) is 12.3. The van der Waals surface area contributed by atoms with Gasteiger partial charge in [-0.15, -0.1) is 0 Å². The van der Waals surface area contributed by atoms with Gasteiger partial charge in [-0.1, -0.05) is 59.1 Å². The zero-order chi connectivity index (χ0) is 23.4. The third-order valence-electron chi connectivity index (χ3n) is 13.0. The molecule has 2 nitrogen and oxygen atoms in total. The second kappa shape index (κ2) is 6.66. The Hall–Kier alpha value is -0.790. The molecule has 0 unspecified atom stereocenters. The van der Waals surface area contributed by atoms with E-state index < -0.39 is 11.4 Å². The Bertz CT molecular complexity index is 868. The number of carbonyl (C=O) groups is 1. The molecule has 0 saturated heterocycles. The third kappa shape index (κ3) is 2.73. The van der Waals surface area contributed by atoms with E-state index in [2.05, 4.69) is 41.5 Å². The average Bonchev–Trinajstić information content (AvgIpc) is 2.70. The number of fused-ring (bicyclic) bond motifs is 6. The third-order valence-corrected chi connectivity index (χ3v) is 13.0. The maximum atomic E-state index is 12.3. The molecule has 2 heteroatoms. The summed E-state index contributed by atoms with van der Waals surface area (Å²) < 4.78 is 0. The van der Waals surface area contributed by atoms with Gasteiger partial charge in [-0.25, -0.2) is 0 Å². The molecule has 180 valence electrons. The summed E-state index contributed by atoms with van der Waals surface area (Å²) in [7, 11) is 0. The largest absolute Gasteiger partial charge is 0.481 e. The van der Waals surface area contributed by atoms with Gasteiger partial charge >= 0.3 is 5.97 Å². The monoisotopic (exact) mass is 440 g/mol. The summed E-state index contributed by atoms with van der Waals surface area (Å²) in [6, 6.07) is 0. The first kappa shape index (κ1) is 23.0. The SMILES string of the molecule is CC1(C)CCC[C@]2(C)C3=C(CC[C@@H]12)[C@@]1(C)CC[C@@]2(C)CC[C@@](C)(C(=O)O)C[C@H]2[C@]1(C)CC3. The predicted molar refractivity (Wildman–Crippen MR) is 131 cm³/mol. The van der Waals surface area contributed by atoms with E-state index in [1.54, 1.807) is 0 Å². The van der Waals surface area contributed by atoms with Gasteiger partial charge in [0.05, 0.1) is 5.41 Å². The average molecular weight is 441 g/mol. The van der Waals surface area contributed by atoms with Crippen molar-refractivity contribution in [3.8, 4) is 0 Å². The van der Waals surface area contributed by atoms with Crippen molar-refractivity contribution in [2.75, 3.05) is 0 Å². The molecule has 0 bridgehead atoms. The van der Waals surface area contributed by atoms with E-state index in [4.69, 9.17) is 0 Å². The van der Waals surface area contributed by atoms with Gasteiger partial charge in [0, 0.05) is 0 Å². The molecule has 0 amide bonds. The van der Waals surface area contributed by atoms with Crippen LogP contribution >= 0.6 is 0 Å². The van der Waals surface area contributed by atoms with Crippen molar-refractivity contribution in [3.63, 3.8) is 0 Å². The van der Waals surface area contributed by atoms with Crippen molar-refractivity contribution in [1.82, 2.24) is 0 Å². The molecule has 5 aliphatic carbocycles. The second-order valence-corrected chi connectivity index (χ2v) is 14.8. The summed E-state index contributed by atoms with van der Waals surface area (Å²) in [6.45, 7) is 17.5. The minimum atomic E-state index is -0.566. The molecule has 1 N–H and O–H groups in total. The molecule has 0 aromatic carbocycles. The van der Waals surface area contributed by atoms with Crippen LogP contribution in [0.2, 0.25) is 0 Å². The fourth-order valence-corrected chi connectivity index (χ4v) is 10.6. The normalized spacial score (nSPS) is 52.3. The lowest BCUT2D eigenvalue weighted by Crippen LogP contribution is -2.61. The standard InChI is InChI=1S/C30H48O2/c1-25(2)12-8-13-28(5)20-11-14-30(7)23-19-27(4,24(31)32)16-15-26(23,3)17-18-29(30,6)21(20)9-10-22(25)28/h22-23H,8-19H2,1-7H3,(H,31,32)/t22-,23+,26+,27+,28+,29+,30-/m0/s1. The molecule has 0 aromatic rings. The highest BCUT2D eigenvalue weighted by molar-refractivity contribution is 5.74. The first-order valence-corrected chi connectivity index (χ1v) is 13.7. The Balaban J connectivity index is 1.59. The molecule has 7 atom stereocenters.